The van der Waals surface area contributed by atoms with Gasteiger partial charge in [-0.15, -0.1) is 0 Å². The predicted molar refractivity (Wildman–Crippen MR) is 71.1 cm³/mol. The average molecular weight is 237 g/mol. The van der Waals surface area contributed by atoms with Gasteiger partial charge in [0, 0.05) is 6.54 Å². The van der Waals surface area contributed by atoms with Crippen LogP contribution in [0.3, 0.4) is 0 Å². The molecule has 0 aliphatic rings. The van der Waals surface area contributed by atoms with E-state index in [0.717, 1.165) is 18.7 Å². The molecule has 4 N–H and O–H groups in total. The summed E-state index contributed by atoms with van der Waals surface area (Å²) in [4.78, 5) is 0. The first-order valence-corrected chi connectivity index (χ1v) is 5.89. The van der Waals surface area contributed by atoms with E-state index in [0.29, 0.717) is 6.67 Å². The molecule has 17 heavy (non-hydrogen) atoms. The number of benzene rings is 1. The molecule has 1 aromatic rings. The van der Waals surface area contributed by atoms with E-state index >= 15 is 0 Å². The smallest absolute Gasteiger partial charge is 0.124 e. The van der Waals surface area contributed by atoms with Gasteiger partial charge in [0.05, 0.1) is 13.8 Å². The molecule has 4 nitrogen and oxygen atoms in total. The third-order valence-corrected chi connectivity index (χ3v) is 3.14. The summed E-state index contributed by atoms with van der Waals surface area (Å²) in [6.07, 6.45) is 0.999. The maximum absolute atomic E-state index is 5.41. The summed E-state index contributed by atoms with van der Waals surface area (Å²) in [5.74, 6) is 6.20. The van der Waals surface area contributed by atoms with Crippen LogP contribution in [-0.4, -0.2) is 20.3 Å². The Morgan fingerprint density at radius 2 is 1.94 bits per heavy atom. The Hall–Kier alpha value is -1.10. The molecule has 1 aromatic carbocycles. The second-order valence-electron chi connectivity index (χ2n) is 4.27. The quantitative estimate of drug-likeness (QED) is 0.301. The highest BCUT2D eigenvalue weighted by atomic mass is 16.5. The lowest BCUT2D eigenvalue weighted by Gasteiger charge is -2.15. The van der Waals surface area contributed by atoms with Crippen molar-refractivity contribution in [3.63, 3.8) is 0 Å². The molecule has 0 aliphatic heterocycles. The molecule has 0 saturated heterocycles. The van der Waals surface area contributed by atoms with Crippen LogP contribution in [0.15, 0.2) is 6.07 Å². The van der Waals surface area contributed by atoms with Gasteiger partial charge in [-0.05, 0) is 49.4 Å². The van der Waals surface area contributed by atoms with E-state index in [1.165, 1.54) is 22.3 Å². The number of rotatable bonds is 6. The monoisotopic (exact) mass is 237 g/mol. The summed E-state index contributed by atoms with van der Waals surface area (Å²) < 4.78 is 5.41. The second kappa shape index (κ2) is 6.59. The van der Waals surface area contributed by atoms with E-state index in [1.54, 1.807) is 7.11 Å². The Bertz CT molecular complexity index is 377. The first kappa shape index (κ1) is 14.0. The Labute approximate surface area is 104 Å². The average Bonchev–Trinajstić information content (AvgIpc) is 2.31. The van der Waals surface area contributed by atoms with E-state index in [2.05, 4.69) is 37.6 Å². The van der Waals surface area contributed by atoms with Crippen molar-refractivity contribution in [2.24, 2.45) is 5.84 Å². The molecular weight excluding hydrogens is 214 g/mol. The van der Waals surface area contributed by atoms with Gasteiger partial charge in [0.25, 0.3) is 0 Å². The fourth-order valence-corrected chi connectivity index (χ4v) is 2.10. The summed E-state index contributed by atoms with van der Waals surface area (Å²) in [6.45, 7) is 7.89. The van der Waals surface area contributed by atoms with Crippen LogP contribution in [0.5, 0.6) is 5.75 Å². The summed E-state index contributed by atoms with van der Waals surface area (Å²) >= 11 is 0. The van der Waals surface area contributed by atoms with Crippen LogP contribution >= 0.6 is 0 Å². The third kappa shape index (κ3) is 3.43. The number of nitrogens with one attached hydrogen (secondary N) is 2. The Morgan fingerprint density at radius 3 is 2.53 bits per heavy atom. The normalized spacial score (nSPS) is 10.6. The summed E-state index contributed by atoms with van der Waals surface area (Å²) in [5, 5.41) is 3.21. The van der Waals surface area contributed by atoms with E-state index in [4.69, 9.17) is 10.6 Å². The zero-order valence-corrected chi connectivity index (χ0v) is 11.2. The van der Waals surface area contributed by atoms with Gasteiger partial charge >= 0.3 is 0 Å². The first-order valence-electron chi connectivity index (χ1n) is 5.89. The Morgan fingerprint density at radius 1 is 1.24 bits per heavy atom. The fourth-order valence-electron chi connectivity index (χ4n) is 2.10. The summed E-state index contributed by atoms with van der Waals surface area (Å²) in [7, 11) is 1.73. The van der Waals surface area contributed by atoms with Gasteiger partial charge < -0.3 is 10.1 Å². The van der Waals surface area contributed by atoms with Crippen molar-refractivity contribution in [2.75, 3.05) is 20.3 Å². The molecule has 0 amide bonds. The molecule has 0 radical (unpaired) electrons. The number of methoxy groups -OCH3 is 1. The van der Waals surface area contributed by atoms with Gasteiger partial charge in [-0.25, -0.2) is 5.43 Å². The van der Waals surface area contributed by atoms with Gasteiger partial charge in [0.2, 0.25) is 0 Å². The van der Waals surface area contributed by atoms with E-state index in [9.17, 15) is 0 Å². The van der Waals surface area contributed by atoms with Crippen molar-refractivity contribution in [3.8, 4) is 5.75 Å². The third-order valence-electron chi connectivity index (χ3n) is 3.14. The molecule has 0 fully saturated rings. The van der Waals surface area contributed by atoms with Crippen LogP contribution in [0.25, 0.3) is 0 Å². The second-order valence-corrected chi connectivity index (χ2v) is 4.27. The van der Waals surface area contributed by atoms with Crippen molar-refractivity contribution in [3.05, 3.63) is 28.3 Å². The Balaban J connectivity index is 2.80. The zero-order valence-electron chi connectivity index (χ0n) is 11.2. The molecule has 0 spiro atoms. The molecule has 96 valence electrons. The number of aryl methyl sites for hydroxylation is 1. The van der Waals surface area contributed by atoms with Crippen LogP contribution < -0.4 is 21.3 Å². The van der Waals surface area contributed by atoms with E-state index < -0.39 is 0 Å². The van der Waals surface area contributed by atoms with Crippen LogP contribution in [0.1, 0.15) is 22.3 Å². The van der Waals surface area contributed by atoms with Crippen molar-refractivity contribution in [2.45, 2.75) is 27.2 Å². The van der Waals surface area contributed by atoms with Gasteiger partial charge in [-0.2, -0.15) is 0 Å². The van der Waals surface area contributed by atoms with Crippen LogP contribution in [-0.2, 0) is 6.42 Å². The van der Waals surface area contributed by atoms with Gasteiger partial charge in [-0.1, -0.05) is 6.07 Å². The first-order chi connectivity index (χ1) is 8.11. The molecular formula is C13H23N3O. The number of nitrogens with two attached hydrogens (primary N) is 1. The lowest BCUT2D eigenvalue weighted by Crippen LogP contribution is -2.34. The molecule has 0 unspecified atom stereocenters. The molecule has 4 heteroatoms. The molecule has 0 aliphatic carbocycles. The molecule has 1 rings (SSSR count). The Kier molecular flexibility index (Phi) is 5.41. The summed E-state index contributed by atoms with van der Waals surface area (Å²) in [5.41, 5.74) is 7.69. The lowest BCUT2D eigenvalue weighted by atomic mass is 9.96. The minimum atomic E-state index is 0.632. The van der Waals surface area contributed by atoms with E-state index in [1.807, 2.05) is 0 Å². The van der Waals surface area contributed by atoms with Crippen molar-refractivity contribution in [1.82, 2.24) is 10.7 Å². The number of hydrogen-bond acceptors (Lipinski definition) is 4. The topological polar surface area (TPSA) is 59.3 Å². The molecule has 0 atom stereocenters. The highest BCUT2D eigenvalue weighted by Crippen LogP contribution is 2.28. The molecule has 0 saturated carbocycles. The molecule has 0 aromatic heterocycles. The van der Waals surface area contributed by atoms with Crippen molar-refractivity contribution in [1.29, 1.82) is 0 Å². The number of ether oxygens (including phenoxy) is 1. The van der Waals surface area contributed by atoms with Crippen LogP contribution in [0.2, 0.25) is 0 Å². The molecule has 0 heterocycles. The number of hydrogen-bond donors (Lipinski definition) is 3. The predicted octanol–water partition coefficient (Wildman–Crippen LogP) is 1.17. The highest BCUT2D eigenvalue weighted by molar-refractivity contribution is 5.49. The van der Waals surface area contributed by atoms with Gasteiger partial charge in [0.1, 0.15) is 5.75 Å². The maximum Gasteiger partial charge on any atom is 0.124 e. The fraction of sp³-hybridized carbons (Fsp3) is 0.538. The van der Waals surface area contributed by atoms with Crippen LogP contribution in [0, 0.1) is 20.8 Å². The van der Waals surface area contributed by atoms with Crippen molar-refractivity contribution >= 4 is 0 Å². The standard InChI is InChI=1S/C13H23N3O/c1-9-7-12(5-6-15-8-16-14)10(2)11(3)13(9)17-4/h7,15-16H,5-6,8,14H2,1-4H3. The lowest BCUT2D eigenvalue weighted by molar-refractivity contribution is 0.408. The SMILES string of the molecule is COc1c(C)cc(CCNCNN)c(C)c1C. The van der Waals surface area contributed by atoms with Crippen LogP contribution in [0.4, 0.5) is 0 Å². The summed E-state index contributed by atoms with van der Waals surface area (Å²) in [6, 6.07) is 2.21. The molecule has 0 bridgehead atoms. The highest BCUT2D eigenvalue weighted by Gasteiger charge is 2.09. The maximum atomic E-state index is 5.41. The minimum absolute atomic E-state index is 0.632. The van der Waals surface area contributed by atoms with Gasteiger partial charge in [-0.3, -0.25) is 5.84 Å². The van der Waals surface area contributed by atoms with Gasteiger partial charge in [0.15, 0.2) is 0 Å². The minimum Gasteiger partial charge on any atom is -0.496 e. The number of hydrazine groups is 1. The zero-order chi connectivity index (χ0) is 12.8. The van der Waals surface area contributed by atoms with Crippen molar-refractivity contribution < 1.29 is 4.74 Å². The van der Waals surface area contributed by atoms with E-state index in [-0.39, 0.29) is 0 Å². The largest absolute Gasteiger partial charge is 0.496 e.